The first-order valence-corrected chi connectivity index (χ1v) is 10.7. The lowest BCUT2D eigenvalue weighted by molar-refractivity contribution is 0.0734. The minimum Gasteiger partial charge on any atom is -0.493 e. The smallest absolute Gasteiger partial charge is 0.343 e. The average Bonchev–Trinajstić information content (AvgIpc) is 2.84. The summed E-state index contributed by atoms with van der Waals surface area (Å²) in [6, 6.07) is 11.4. The van der Waals surface area contributed by atoms with E-state index in [-0.39, 0.29) is 44.2 Å². The van der Waals surface area contributed by atoms with Crippen LogP contribution in [0.5, 0.6) is 23.0 Å². The number of aryl methyl sites for hydroxylation is 1. The minimum atomic E-state index is -0.697. The zero-order chi connectivity index (χ0) is 25.3. The molecule has 0 amide bonds. The third kappa shape index (κ3) is 4.40. The number of hydrogen-bond donors (Lipinski definition) is 0. The van der Waals surface area contributed by atoms with E-state index in [9.17, 15) is 14.0 Å². The highest BCUT2D eigenvalue weighted by atomic mass is 35.5. The zero-order valence-electron chi connectivity index (χ0n) is 19.2. The molecule has 0 aliphatic carbocycles. The normalized spacial score (nSPS) is 10.8. The maximum atomic E-state index is 14.5. The van der Waals surface area contributed by atoms with Gasteiger partial charge in [0.1, 0.15) is 22.9 Å². The number of benzene rings is 3. The first-order chi connectivity index (χ1) is 16.8. The Morgan fingerprint density at radius 3 is 2.23 bits per heavy atom. The lowest BCUT2D eigenvalue weighted by Gasteiger charge is -2.14. The topological polar surface area (TPSA) is 84.2 Å². The molecule has 0 atom stereocenters. The number of carbonyl (C=O) groups is 1. The first-order valence-electron chi connectivity index (χ1n) is 10.3. The molecule has 1 aromatic heterocycles. The van der Waals surface area contributed by atoms with Crippen molar-refractivity contribution in [1.82, 2.24) is 0 Å². The third-order valence-electron chi connectivity index (χ3n) is 5.36. The second-order valence-electron chi connectivity index (χ2n) is 7.42. The summed E-state index contributed by atoms with van der Waals surface area (Å²) in [6.45, 7) is 1.54. The Morgan fingerprint density at radius 1 is 0.943 bits per heavy atom. The van der Waals surface area contributed by atoms with Crippen molar-refractivity contribution in [2.45, 2.75) is 6.92 Å². The van der Waals surface area contributed by atoms with Crippen molar-refractivity contribution in [3.8, 4) is 34.1 Å². The van der Waals surface area contributed by atoms with Gasteiger partial charge in [-0.05, 0) is 43.3 Å². The largest absolute Gasteiger partial charge is 0.493 e. The molecular formula is C26H20ClFO7. The second-order valence-corrected chi connectivity index (χ2v) is 7.83. The summed E-state index contributed by atoms with van der Waals surface area (Å²) in [5.41, 5.74) is -0.137. The highest BCUT2D eigenvalue weighted by molar-refractivity contribution is 6.33. The molecule has 7 nitrogen and oxygen atoms in total. The van der Waals surface area contributed by atoms with Crippen LogP contribution in [0.4, 0.5) is 4.39 Å². The van der Waals surface area contributed by atoms with Crippen molar-refractivity contribution in [2.75, 3.05) is 21.3 Å². The number of hydrogen-bond acceptors (Lipinski definition) is 7. The molecular weight excluding hydrogens is 479 g/mol. The molecule has 3 aromatic carbocycles. The van der Waals surface area contributed by atoms with Gasteiger partial charge in [-0.3, -0.25) is 4.79 Å². The van der Waals surface area contributed by atoms with Crippen LogP contribution in [0.1, 0.15) is 16.1 Å². The third-order valence-corrected chi connectivity index (χ3v) is 5.68. The van der Waals surface area contributed by atoms with E-state index in [0.29, 0.717) is 17.2 Å². The number of halogens is 2. The minimum absolute atomic E-state index is 0.0276. The lowest BCUT2D eigenvalue weighted by atomic mass is 10.0. The molecule has 0 aliphatic rings. The van der Waals surface area contributed by atoms with Crippen LogP contribution in [-0.4, -0.2) is 27.3 Å². The van der Waals surface area contributed by atoms with Crippen molar-refractivity contribution >= 4 is 28.5 Å². The molecule has 0 N–H and O–H groups in total. The average molecular weight is 499 g/mol. The van der Waals surface area contributed by atoms with Crippen molar-refractivity contribution in [3.05, 3.63) is 80.9 Å². The summed E-state index contributed by atoms with van der Waals surface area (Å²) >= 11 is 6.16. The van der Waals surface area contributed by atoms with Crippen LogP contribution in [-0.2, 0) is 0 Å². The van der Waals surface area contributed by atoms with Gasteiger partial charge in [0.15, 0.2) is 11.5 Å². The number of carbonyl (C=O) groups excluding carboxylic acids is 1. The molecule has 0 aliphatic heterocycles. The van der Waals surface area contributed by atoms with E-state index in [2.05, 4.69) is 0 Å². The molecule has 180 valence electrons. The maximum absolute atomic E-state index is 14.5. The molecule has 0 spiro atoms. The van der Waals surface area contributed by atoms with Gasteiger partial charge in [0, 0.05) is 11.6 Å². The van der Waals surface area contributed by atoms with Crippen LogP contribution in [0, 0.1) is 12.7 Å². The summed E-state index contributed by atoms with van der Waals surface area (Å²) in [4.78, 5) is 26.0. The molecule has 0 saturated carbocycles. The van der Waals surface area contributed by atoms with Gasteiger partial charge < -0.3 is 23.4 Å². The predicted molar refractivity (Wildman–Crippen MR) is 129 cm³/mol. The fraction of sp³-hybridized carbons (Fsp3) is 0.154. The van der Waals surface area contributed by atoms with Crippen LogP contribution >= 0.6 is 11.6 Å². The van der Waals surface area contributed by atoms with Crippen molar-refractivity contribution in [3.63, 3.8) is 0 Å². The van der Waals surface area contributed by atoms with Crippen LogP contribution in [0.15, 0.2) is 57.7 Å². The van der Waals surface area contributed by atoms with E-state index in [1.807, 2.05) is 0 Å². The van der Waals surface area contributed by atoms with Gasteiger partial charge in [0.05, 0.1) is 42.9 Å². The van der Waals surface area contributed by atoms with Gasteiger partial charge in [-0.1, -0.05) is 17.7 Å². The number of ether oxygens (including phenoxy) is 4. The van der Waals surface area contributed by atoms with E-state index in [0.717, 1.165) is 0 Å². The molecule has 0 unspecified atom stereocenters. The molecule has 0 bridgehead atoms. The number of fused-ring (bicyclic) bond motifs is 1. The summed E-state index contributed by atoms with van der Waals surface area (Å²) in [6.07, 6.45) is 0. The van der Waals surface area contributed by atoms with E-state index >= 15 is 0 Å². The van der Waals surface area contributed by atoms with Crippen LogP contribution in [0.2, 0.25) is 5.02 Å². The van der Waals surface area contributed by atoms with Gasteiger partial charge >= 0.3 is 5.97 Å². The summed E-state index contributed by atoms with van der Waals surface area (Å²) in [5, 5.41) is 0.271. The van der Waals surface area contributed by atoms with Gasteiger partial charge in [-0.2, -0.15) is 0 Å². The SMILES string of the molecule is COc1cc(C(=O)Oc2ccc3c(=O)c(-c4c(F)cccc4Cl)c(C)oc3c2)cc(OC)c1OC. The second kappa shape index (κ2) is 9.68. The molecule has 1 heterocycles. The molecule has 0 saturated heterocycles. The standard InChI is InChI=1S/C26H20ClFO7/c1-13-22(23-17(27)6-5-7-18(23)28)24(29)16-9-8-15(12-19(16)34-13)35-26(30)14-10-20(31-2)25(33-4)21(11-14)32-3/h5-12H,1-4H3. The molecule has 0 fully saturated rings. The molecule has 4 aromatic rings. The van der Waals surface area contributed by atoms with Crippen LogP contribution in [0.25, 0.3) is 22.1 Å². The fourth-order valence-corrected chi connectivity index (χ4v) is 4.00. The Bertz CT molecular complexity index is 1460. The highest BCUT2D eigenvalue weighted by Crippen LogP contribution is 2.38. The summed E-state index contributed by atoms with van der Waals surface area (Å²) < 4.78 is 41.6. The fourth-order valence-electron chi connectivity index (χ4n) is 3.74. The quantitative estimate of drug-likeness (QED) is 0.245. The van der Waals surface area contributed by atoms with Crippen LogP contribution < -0.4 is 24.4 Å². The number of esters is 1. The van der Waals surface area contributed by atoms with Crippen LogP contribution in [0.3, 0.4) is 0 Å². The molecule has 35 heavy (non-hydrogen) atoms. The van der Waals surface area contributed by atoms with Gasteiger partial charge in [-0.25, -0.2) is 9.18 Å². The Hall–Kier alpha value is -4.04. The van der Waals surface area contributed by atoms with Crippen molar-refractivity contribution in [1.29, 1.82) is 0 Å². The van der Waals surface area contributed by atoms with Crippen molar-refractivity contribution < 1.29 is 32.5 Å². The van der Waals surface area contributed by atoms with Crippen molar-refractivity contribution in [2.24, 2.45) is 0 Å². The number of rotatable bonds is 6. The summed E-state index contributed by atoms with van der Waals surface area (Å²) in [5.74, 6) is -0.115. The van der Waals surface area contributed by atoms with Gasteiger partial charge in [-0.15, -0.1) is 0 Å². The Labute approximate surface area is 204 Å². The predicted octanol–water partition coefficient (Wildman–Crippen LogP) is 5.81. The Morgan fingerprint density at radius 2 is 1.63 bits per heavy atom. The highest BCUT2D eigenvalue weighted by Gasteiger charge is 2.21. The maximum Gasteiger partial charge on any atom is 0.343 e. The molecule has 0 radical (unpaired) electrons. The van der Waals surface area contributed by atoms with Gasteiger partial charge in [0.2, 0.25) is 11.2 Å². The molecule has 4 rings (SSSR count). The Balaban J connectivity index is 1.73. The molecule has 9 heteroatoms. The zero-order valence-corrected chi connectivity index (χ0v) is 20.0. The lowest BCUT2D eigenvalue weighted by Crippen LogP contribution is -2.11. The van der Waals surface area contributed by atoms with E-state index in [1.54, 1.807) is 0 Å². The van der Waals surface area contributed by atoms with Gasteiger partial charge in [0.25, 0.3) is 0 Å². The monoisotopic (exact) mass is 498 g/mol. The first kappa shape index (κ1) is 24.1. The van der Waals surface area contributed by atoms with E-state index < -0.39 is 17.2 Å². The summed E-state index contributed by atoms with van der Waals surface area (Å²) in [7, 11) is 4.32. The van der Waals surface area contributed by atoms with E-state index in [1.165, 1.54) is 76.8 Å². The Kier molecular flexibility index (Phi) is 6.66. The number of methoxy groups -OCH3 is 3. The van der Waals surface area contributed by atoms with E-state index in [4.69, 9.17) is 35.0 Å².